The third kappa shape index (κ3) is 3.49. The Morgan fingerprint density at radius 1 is 1.60 bits per heavy atom. The van der Waals surface area contributed by atoms with Crippen molar-refractivity contribution in [3.63, 3.8) is 0 Å². The van der Waals surface area contributed by atoms with Gasteiger partial charge in [0.2, 0.25) is 5.91 Å². The first-order chi connectivity index (χ1) is 7.00. The van der Waals surface area contributed by atoms with E-state index in [-0.39, 0.29) is 17.3 Å². The van der Waals surface area contributed by atoms with Crippen LogP contribution in [0.3, 0.4) is 0 Å². The molecule has 0 saturated carbocycles. The first-order valence-electron chi connectivity index (χ1n) is 3.88. The lowest BCUT2D eigenvalue weighted by atomic mass is 10.2. The number of hydrogen-bond donors (Lipinski definition) is 2. The molecule has 0 radical (unpaired) electrons. The van der Waals surface area contributed by atoms with Gasteiger partial charge < -0.3 is 11.1 Å². The molecule has 0 saturated heterocycles. The predicted octanol–water partition coefficient (Wildman–Crippen LogP) is 0.713. The lowest BCUT2D eigenvalue weighted by Gasteiger charge is -2.04. The fourth-order valence-corrected chi connectivity index (χ4v) is 1.36. The standard InChI is InChI=1S/C8H7BrClN3O2/c9-4-1-5(7(10)12-2-4)8(15)13-3-6(11)14/h1-2H,3H2,(H2,11,14)(H,13,15). The van der Waals surface area contributed by atoms with Crippen molar-refractivity contribution in [3.05, 3.63) is 27.5 Å². The highest BCUT2D eigenvalue weighted by atomic mass is 79.9. The molecule has 0 fully saturated rings. The quantitative estimate of drug-likeness (QED) is 0.805. The van der Waals surface area contributed by atoms with Gasteiger partial charge in [0, 0.05) is 10.7 Å². The molecule has 0 bridgehead atoms. The predicted molar refractivity (Wildman–Crippen MR) is 58.5 cm³/mol. The molecule has 5 nitrogen and oxygen atoms in total. The molecule has 7 heteroatoms. The Morgan fingerprint density at radius 2 is 2.27 bits per heavy atom. The monoisotopic (exact) mass is 291 g/mol. The number of carbonyl (C=O) groups excluding carboxylic acids is 2. The van der Waals surface area contributed by atoms with Crippen molar-refractivity contribution in [2.24, 2.45) is 5.73 Å². The molecular weight excluding hydrogens is 285 g/mol. The topological polar surface area (TPSA) is 85.1 Å². The molecule has 0 aliphatic heterocycles. The summed E-state index contributed by atoms with van der Waals surface area (Å²) in [6, 6.07) is 1.51. The first-order valence-corrected chi connectivity index (χ1v) is 5.05. The Labute approximate surface area is 99.1 Å². The number of amides is 2. The van der Waals surface area contributed by atoms with E-state index in [2.05, 4.69) is 26.2 Å². The Kier molecular flexibility index (Phi) is 4.05. The molecule has 0 aliphatic rings. The zero-order chi connectivity index (χ0) is 11.4. The molecule has 0 atom stereocenters. The van der Waals surface area contributed by atoms with E-state index in [1.54, 1.807) is 0 Å². The second-order valence-electron chi connectivity index (χ2n) is 2.64. The number of carbonyl (C=O) groups is 2. The van der Waals surface area contributed by atoms with Crippen LogP contribution in [0.15, 0.2) is 16.7 Å². The van der Waals surface area contributed by atoms with E-state index in [1.807, 2.05) is 0 Å². The van der Waals surface area contributed by atoms with Gasteiger partial charge in [0.05, 0.1) is 12.1 Å². The van der Waals surface area contributed by atoms with E-state index in [0.717, 1.165) is 0 Å². The number of nitrogens with zero attached hydrogens (tertiary/aromatic N) is 1. The van der Waals surface area contributed by atoms with Crippen LogP contribution in [0.5, 0.6) is 0 Å². The summed E-state index contributed by atoms with van der Waals surface area (Å²) in [6.45, 7) is -0.234. The number of halogens is 2. The highest BCUT2D eigenvalue weighted by Crippen LogP contribution is 2.17. The van der Waals surface area contributed by atoms with Crippen LogP contribution in [0.4, 0.5) is 0 Å². The molecule has 0 spiro atoms. The molecule has 15 heavy (non-hydrogen) atoms. The smallest absolute Gasteiger partial charge is 0.254 e. The lowest BCUT2D eigenvalue weighted by molar-refractivity contribution is -0.117. The lowest BCUT2D eigenvalue weighted by Crippen LogP contribution is -2.33. The average Bonchev–Trinajstić information content (AvgIpc) is 2.18. The summed E-state index contributed by atoms with van der Waals surface area (Å²) in [7, 11) is 0. The van der Waals surface area contributed by atoms with E-state index in [0.29, 0.717) is 4.47 Å². The van der Waals surface area contributed by atoms with Crippen LogP contribution in [0.2, 0.25) is 5.15 Å². The summed E-state index contributed by atoms with van der Waals surface area (Å²) in [5.41, 5.74) is 5.06. The van der Waals surface area contributed by atoms with Gasteiger partial charge in [-0.25, -0.2) is 4.98 Å². The number of pyridine rings is 1. The van der Waals surface area contributed by atoms with E-state index >= 15 is 0 Å². The van der Waals surface area contributed by atoms with Gasteiger partial charge in [0.15, 0.2) is 0 Å². The molecule has 0 aromatic carbocycles. The van der Waals surface area contributed by atoms with Crippen LogP contribution >= 0.6 is 27.5 Å². The van der Waals surface area contributed by atoms with Crippen molar-refractivity contribution >= 4 is 39.3 Å². The molecule has 2 amide bonds. The number of rotatable bonds is 3. The highest BCUT2D eigenvalue weighted by Gasteiger charge is 2.12. The minimum atomic E-state index is -0.623. The van der Waals surface area contributed by atoms with Gasteiger partial charge in [-0.05, 0) is 22.0 Å². The van der Waals surface area contributed by atoms with Crippen molar-refractivity contribution in [1.29, 1.82) is 0 Å². The van der Waals surface area contributed by atoms with E-state index in [4.69, 9.17) is 17.3 Å². The Hall–Kier alpha value is -1.14. The Bertz CT molecular complexity index is 411. The summed E-state index contributed by atoms with van der Waals surface area (Å²) >= 11 is 8.85. The van der Waals surface area contributed by atoms with Crippen molar-refractivity contribution in [2.75, 3.05) is 6.54 Å². The normalized spacial score (nSPS) is 9.73. The highest BCUT2D eigenvalue weighted by molar-refractivity contribution is 9.10. The van der Waals surface area contributed by atoms with Gasteiger partial charge >= 0.3 is 0 Å². The third-order valence-electron chi connectivity index (χ3n) is 1.47. The average molecular weight is 293 g/mol. The van der Waals surface area contributed by atoms with E-state index in [1.165, 1.54) is 12.3 Å². The number of primary amides is 1. The second-order valence-corrected chi connectivity index (χ2v) is 3.91. The molecule has 3 N–H and O–H groups in total. The SMILES string of the molecule is NC(=O)CNC(=O)c1cc(Br)cnc1Cl. The molecule has 1 aromatic heterocycles. The van der Waals surface area contributed by atoms with Gasteiger partial charge in [-0.2, -0.15) is 0 Å². The van der Waals surface area contributed by atoms with Crippen LogP contribution in [-0.4, -0.2) is 23.3 Å². The molecule has 80 valence electrons. The molecular formula is C8H7BrClN3O2. The van der Waals surface area contributed by atoms with Gasteiger partial charge in [-0.15, -0.1) is 0 Å². The maximum absolute atomic E-state index is 11.5. The summed E-state index contributed by atoms with van der Waals surface area (Å²) in [5, 5.41) is 2.38. The first kappa shape index (κ1) is 11.9. The van der Waals surface area contributed by atoms with Crippen LogP contribution in [0, 0.1) is 0 Å². The summed E-state index contributed by atoms with van der Waals surface area (Å²) < 4.78 is 0.621. The van der Waals surface area contributed by atoms with Gasteiger partial charge in [-0.1, -0.05) is 11.6 Å². The van der Waals surface area contributed by atoms with Crippen molar-refractivity contribution in [1.82, 2.24) is 10.3 Å². The minimum Gasteiger partial charge on any atom is -0.368 e. The van der Waals surface area contributed by atoms with Crippen LogP contribution in [-0.2, 0) is 4.79 Å². The van der Waals surface area contributed by atoms with Crippen molar-refractivity contribution < 1.29 is 9.59 Å². The summed E-state index contributed by atoms with van der Waals surface area (Å²) in [5.74, 6) is -1.12. The van der Waals surface area contributed by atoms with E-state index in [9.17, 15) is 9.59 Å². The van der Waals surface area contributed by atoms with Crippen molar-refractivity contribution in [2.45, 2.75) is 0 Å². The molecule has 0 unspecified atom stereocenters. The zero-order valence-electron chi connectivity index (χ0n) is 7.46. The number of hydrogen-bond acceptors (Lipinski definition) is 3. The van der Waals surface area contributed by atoms with Gasteiger partial charge in [0.25, 0.3) is 5.91 Å². The van der Waals surface area contributed by atoms with Crippen LogP contribution in [0.25, 0.3) is 0 Å². The Balaban J connectivity index is 2.81. The van der Waals surface area contributed by atoms with Gasteiger partial charge in [-0.3, -0.25) is 9.59 Å². The number of aromatic nitrogens is 1. The molecule has 1 rings (SSSR count). The minimum absolute atomic E-state index is 0.0696. The third-order valence-corrected chi connectivity index (χ3v) is 2.21. The van der Waals surface area contributed by atoms with Crippen molar-refractivity contribution in [3.8, 4) is 0 Å². The van der Waals surface area contributed by atoms with E-state index < -0.39 is 11.8 Å². The molecule has 0 aliphatic carbocycles. The Morgan fingerprint density at radius 3 is 2.87 bits per heavy atom. The maximum atomic E-state index is 11.5. The number of nitrogens with two attached hydrogens (primary N) is 1. The fraction of sp³-hybridized carbons (Fsp3) is 0.125. The maximum Gasteiger partial charge on any atom is 0.254 e. The van der Waals surface area contributed by atoms with Gasteiger partial charge in [0.1, 0.15) is 5.15 Å². The number of nitrogens with one attached hydrogen (secondary N) is 1. The molecule has 1 aromatic rings. The summed E-state index contributed by atoms with van der Waals surface area (Å²) in [6.07, 6.45) is 1.47. The second kappa shape index (κ2) is 5.09. The zero-order valence-corrected chi connectivity index (χ0v) is 9.80. The molecule has 1 heterocycles. The summed E-state index contributed by atoms with van der Waals surface area (Å²) in [4.78, 5) is 25.7. The van der Waals surface area contributed by atoms with Crippen LogP contribution in [0.1, 0.15) is 10.4 Å². The van der Waals surface area contributed by atoms with Crippen LogP contribution < -0.4 is 11.1 Å². The largest absolute Gasteiger partial charge is 0.368 e. The fourth-order valence-electron chi connectivity index (χ4n) is 0.844.